The number of carbonyl (C=O) groups excluding carboxylic acids is 3. The molecule has 3 rings (SSSR count). The minimum absolute atomic E-state index is 0.0314. The summed E-state index contributed by atoms with van der Waals surface area (Å²) in [7, 11) is 0. The van der Waals surface area contributed by atoms with Crippen molar-refractivity contribution in [2.24, 2.45) is 0 Å². The van der Waals surface area contributed by atoms with E-state index in [2.05, 4.69) is 10.1 Å². The van der Waals surface area contributed by atoms with Gasteiger partial charge >= 0.3 is 12.2 Å². The minimum atomic E-state index is -0.994. The summed E-state index contributed by atoms with van der Waals surface area (Å²) in [6, 6.07) is 1.89. The van der Waals surface area contributed by atoms with Gasteiger partial charge in [0.15, 0.2) is 11.6 Å². The molecule has 1 aromatic rings. The van der Waals surface area contributed by atoms with Gasteiger partial charge in [-0.15, -0.1) is 0 Å². The zero-order valence-electron chi connectivity index (χ0n) is 12.3. The molecular formula is C14H13F2N3O5. The molecule has 0 aromatic heterocycles. The fourth-order valence-corrected chi connectivity index (χ4v) is 2.58. The number of hydrogen-bond acceptors (Lipinski definition) is 5. The second-order valence-electron chi connectivity index (χ2n) is 5.17. The first kappa shape index (κ1) is 16.0. The standard InChI is InChI=1S/C14H13F2N3O5/c15-10-3-8(19-6-9(5-17-7-20)24-14(19)22)4-11(16)12(10)18-1-2-23-13(18)21/h3-4,7,9H,1-2,5-6H2,(H,17,20)/t9-/m0/s1. The Morgan fingerprint density at radius 2 is 1.92 bits per heavy atom. The molecule has 1 N–H and O–H groups in total. The fraction of sp³-hybridized carbons (Fsp3) is 0.357. The molecule has 0 bridgehead atoms. The molecule has 2 saturated heterocycles. The highest BCUT2D eigenvalue weighted by Crippen LogP contribution is 2.32. The lowest BCUT2D eigenvalue weighted by molar-refractivity contribution is -0.109. The topological polar surface area (TPSA) is 88.2 Å². The van der Waals surface area contributed by atoms with Gasteiger partial charge in [-0.3, -0.25) is 14.6 Å². The first-order valence-electron chi connectivity index (χ1n) is 7.09. The number of ether oxygens (including phenoxy) is 2. The molecule has 8 nitrogen and oxygen atoms in total. The van der Waals surface area contributed by atoms with Crippen LogP contribution in [-0.4, -0.2) is 50.9 Å². The van der Waals surface area contributed by atoms with Gasteiger partial charge in [0.1, 0.15) is 18.4 Å². The summed E-state index contributed by atoms with van der Waals surface area (Å²) in [5.74, 6) is -1.99. The van der Waals surface area contributed by atoms with Crippen molar-refractivity contribution in [1.82, 2.24) is 5.32 Å². The lowest BCUT2D eigenvalue weighted by atomic mass is 10.2. The van der Waals surface area contributed by atoms with E-state index in [9.17, 15) is 23.2 Å². The molecule has 1 atom stereocenters. The van der Waals surface area contributed by atoms with E-state index in [0.29, 0.717) is 6.41 Å². The van der Waals surface area contributed by atoms with Gasteiger partial charge in [-0.25, -0.2) is 18.4 Å². The maximum absolute atomic E-state index is 14.3. The zero-order valence-corrected chi connectivity index (χ0v) is 12.3. The SMILES string of the molecule is O=CNC[C@H]1CN(c2cc(F)c(N3CCOC3=O)c(F)c2)C(=O)O1. The van der Waals surface area contributed by atoms with Crippen LogP contribution in [0.5, 0.6) is 0 Å². The molecule has 2 aliphatic heterocycles. The summed E-state index contributed by atoms with van der Waals surface area (Å²) in [6.07, 6.45) is -1.78. The number of carbonyl (C=O) groups is 3. The summed E-state index contributed by atoms with van der Waals surface area (Å²) in [5, 5.41) is 2.37. The summed E-state index contributed by atoms with van der Waals surface area (Å²) in [4.78, 5) is 35.5. The van der Waals surface area contributed by atoms with E-state index in [1.54, 1.807) is 0 Å². The molecule has 2 fully saturated rings. The Kier molecular flexibility index (Phi) is 4.19. The number of nitrogens with zero attached hydrogens (tertiary/aromatic N) is 2. The van der Waals surface area contributed by atoms with Crippen molar-refractivity contribution < 1.29 is 32.6 Å². The van der Waals surface area contributed by atoms with Crippen molar-refractivity contribution in [2.75, 3.05) is 36.0 Å². The predicted molar refractivity (Wildman–Crippen MR) is 76.7 cm³/mol. The van der Waals surface area contributed by atoms with Gasteiger partial charge in [-0.05, 0) is 0 Å². The van der Waals surface area contributed by atoms with Crippen LogP contribution in [0.3, 0.4) is 0 Å². The maximum atomic E-state index is 14.3. The third kappa shape index (κ3) is 2.82. The molecular weight excluding hydrogens is 328 g/mol. The van der Waals surface area contributed by atoms with Crippen LogP contribution < -0.4 is 15.1 Å². The fourth-order valence-electron chi connectivity index (χ4n) is 2.58. The van der Waals surface area contributed by atoms with Crippen LogP contribution >= 0.6 is 0 Å². The van der Waals surface area contributed by atoms with Gasteiger partial charge in [0, 0.05) is 12.1 Å². The van der Waals surface area contributed by atoms with Crippen molar-refractivity contribution in [3.63, 3.8) is 0 Å². The van der Waals surface area contributed by atoms with E-state index in [1.165, 1.54) is 0 Å². The van der Waals surface area contributed by atoms with Gasteiger partial charge in [-0.1, -0.05) is 0 Å². The maximum Gasteiger partial charge on any atom is 0.414 e. The lowest BCUT2D eigenvalue weighted by Crippen LogP contribution is -2.30. The summed E-state index contributed by atoms with van der Waals surface area (Å²) >= 11 is 0. The summed E-state index contributed by atoms with van der Waals surface area (Å²) in [6.45, 7) is 0.207. The predicted octanol–water partition coefficient (Wildman–Crippen LogP) is 0.993. The molecule has 128 valence electrons. The third-order valence-electron chi connectivity index (χ3n) is 3.65. The zero-order chi connectivity index (χ0) is 17.3. The van der Waals surface area contributed by atoms with Gasteiger partial charge < -0.3 is 14.8 Å². The van der Waals surface area contributed by atoms with E-state index in [4.69, 9.17) is 4.74 Å². The van der Waals surface area contributed by atoms with Crippen molar-refractivity contribution in [3.8, 4) is 0 Å². The van der Waals surface area contributed by atoms with Crippen LogP contribution in [0, 0.1) is 11.6 Å². The number of cyclic esters (lactones) is 2. The van der Waals surface area contributed by atoms with Crippen LogP contribution in [0.15, 0.2) is 12.1 Å². The molecule has 0 unspecified atom stereocenters. The van der Waals surface area contributed by atoms with Crippen LogP contribution in [0.25, 0.3) is 0 Å². The first-order chi connectivity index (χ1) is 11.5. The highest BCUT2D eigenvalue weighted by atomic mass is 19.1. The summed E-state index contributed by atoms with van der Waals surface area (Å²) < 4.78 is 38.2. The lowest BCUT2D eigenvalue weighted by Gasteiger charge is -2.18. The molecule has 2 heterocycles. The van der Waals surface area contributed by atoms with E-state index < -0.39 is 35.6 Å². The van der Waals surface area contributed by atoms with Gasteiger partial charge in [0.2, 0.25) is 6.41 Å². The van der Waals surface area contributed by atoms with Gasteiger partial charge in [0.25, 0.3) is 0 Å². The van der Waals surface area contributed by atoms with E-state index >= 15 is 0 Å². The highest BCUT2D eigenvalue weighted by Gasteiger charge is 2.35. The number of halogens is 2. The second kappa shape index (κ2) is 6.30. The normalized spacial score (nSPS) is 20.2. The van der Waals surface area contributed by atoms with E-state index in [0.717, 1.165) is 21.9 Å². The number of anilines is 2. The van der Waals surface area contributed by atoms with Crippen LogP contribution in [0.1, 0.15) is 0 Å². The number of amides is 3. The molecule has 24 heavy (non-hydrogen) atoms. The highest BCUT2D eigenvalue weighted by molar-refractivity contribution is 5.92. The third-order valence-corrected chi connectivity index (χ3v) is 3.65. The quantitative estimate of drug-likeness (QED) is 0.807. The van der Waals surface area contributed by atoms with Crippen LogP contribution in [0.2, 0.25) is 0 Å². The average molecular weight is 341 g/mol. The number of benzene rings is 1. The van der Waals surface area contributed by atoms with E-state index in [1.807, 2.05) is 0 Å². The first-order valence-corrected chi connectivity index (χ1v) is 7.09. The molecule has 2 aliphatic rings. The second-order valence-corrected chi connectivity index (χ2v) is 5.17. The Morgan fingerprint density at radius 1 is 1.21 bits per heavy atom. The van der Waals surface area contributed by atoms with Crippen molar-refractivity contribution in [2.45, 2.75) is 6.10 Å². The Morgan fingerprint density at radius 3 is 2.50 bits per heavy atom. The number of hydrogen-bond donors (Lipinski definition) is 1. The van der Waals surface area contributed by atoms with Gasteiger partial charge in [-0.2, -0.15) is 0 Å². The molecule has 1 aromatic carbocycles. The Hall–Kier alpha value is -2.91. The molecule has 0 aliphatic carbocycles. The number of rotatable bonds is 5. The van der Waals surface area contributed by atoms with Crippen LogP contribution in [-0.2, 0) is 14.3 Å². The number of nitrogens with one attached hydrogen (secondary N) is 1. The molecule has 0 saturated carbocycles. The Balaban J connectivity index is 1.84. The monoisotopic (exact) mass is 341 g/mol. The minimum Gasteiger partial charge on any atom is -0.447 e. The average Bonchev–Trinajstić information content (AvgIpc) is 3.11. The van der Waals surface area contributed by atoms with E-state index in [-0.39, 0.29) is 31.9 Å². The van der Waals surface area contributed by atoms with Crippen molar-refractivity contribution in [1.29, 1.82) is 0 Å². The molecule has 0 spiro atoms. The Bertz CT molecular complexity index is 676. The smallest absolute Gasteiger partial charge is 0.414 e. The molecule has 0 radical (unpaired) electrons. The van der Waals surface area contributed by atoms with Crippen molar-refractivity contribution in [3.05, 3.63) is 23.8 Å². The molecule has 10 heteroatoms. The van der Waals surface area contributed by atoms with Crippen LogP contribution in [0.4, 0.5) is 29.7 Å². The van der Waals surface area contributed by atoms with Gasteiger partial charge in [0.05, 0.1) is 25.3 Å². The Labute approximate surface area is 134 Å². The van der Waals surface area contributed by atoms with Crippen molar-refractivity contribution >= 4 is 30.0 Å². The largest absolute Gasteiger partial charge is 0.447 e. The molecule has 3 amide bonds. The summed E-state index contributed by atoms with van der Waals surface area (Å²) in [5.41, 5.74) is -0.562.